The van der Waals surface area contributed by atoms with Crippen molar-refractivity contribution in [3.05, 3.63) is 18.0 Å². The Labute approximate surface area is 114 Å². The number of nitrogens with one attached hydrogen (secondary N) is 3. The van der Waals surface area contributed by atoms with Crippen molar-refractivity contribution in [2.75, 3.05) is 0 Å². The van der Waals surface area contributed by atoms with Crippen molar-refractivity contribution in [1.29, 1.82) is 0 Å². The molecule has 0 spiro atoms. The maximum absolute atomic E-state index is 11.7. The maximum Gasteiger partial charge on any atom is 0.326 e. The van der Waals surface area contributed by atoms with Gasteiger partial charge in [0.15, 0.2) is 0 Å². The summed E-state index contributed by atoms with van der Waals surface area (Å²) in [5.74, 6) is -1.84. The quantitative estimate of drug-likeness (QED) is 0.456. The second-order valence-electron chi connectivity index (χ2n) is 4.27. The number of hydrogen-bond donors (Lipinski definition) is 5. The Morgan fingerprint density at radius 3 is 2.65 bits per heavy atom. The number of H-pyrrole nitrogens is 1. The van der Waals surface area contributed by atoms with Crippen molar-refractivity contribution in [3.63, 3.8) is 0 Å². The molecule has 0 radical (unpaired) electrons. The van der Waals surface area contributed by atoms with E-state index >= 15 is 0 Å². The summed E-state index contributed by atoms with van der Waals surface area (Å²) >= 11 is 0. The van der Waals surface area contributed by atoms with E-state index in [4.69, 9.17) is 10.8 Å². The summed E-state index contributed by atoms with van der Waals surface area (Å²) in [6, 6.07) is -2.14. The summed E-state index contributed by atoms with van der Waals surface area (Å²) in [6.45, 7) is 1.73. The van der Waals surface area contributed by atoms with Gasteiger partial charge >= 0.3 is 12.0 Å². The second-order valence-corrected chi connectivity index (χ2v) is 4.27. The van der Waals surface area contributed by atoms with Gasteiger partial charge in [-0.1, -0.05) is 0 Å². The Hall–Kier alpha value is -2.58. The van der Waals surface area contributed by atoms with Crippen molar-refractivity contribution in [2.45, 2.75) is 31.8 Å². The third-order valence-corrected chi connectivity index (χ3v) is 2.65. The fourth-order valence-electron chi connectivity index (χ4n) is 1.52. The maximum atomic E-state index is 11.7. The predicted octanol–water partition coefficient (Wildman–Crippen LogP) is -0.511. The first kappa shape index (κ1) is 15.5. The molecule has 3 amide bonds. The monoisotopic (exact) mass is 283 g/mol. The molecule has 1 unspecified atom stereocenters. The van der Waals surface area contributed by atoms with E-state index in [-0.39, 0.29) is 18.9 Å². The van der Waals surface area contributed by atoms with Crippen molar-refractivity contribution >= 4 is 17.9 Å². The molecule has 0 saturated carbocycles. The Bertz CT molecular complexity index is 473. The highest BCUT2D eigenvalue weighted by Gasteiger charge is 2.21. The van der Waals surface area contributed by atoms with Crippen LogP contribution in [0.1, 0.15) is 31.4 Å². The molecule has 0 saturated heterocycles. The van der Waals surface area contributed by atoms with Gasteiger partial charge in [0.25, 0.3) is 0 Å². The smallest absolute Gasteiger partial charge is 0.326 e. The zero-order valence-electron chi connectivity index (χ0n) is 10.9. The number of hydrogen-bond acceptors (Lipinski definition) is 4. The largest absolute Gasteiger partial charge is 0.480 e. The highest BCUT2D eigenvalue weighted by atomic mass is 16.4. The molecule has 6 N–H and O–H groups in total. The van der Waals surface area contributed by atoms with Gasteiger partial charge in [0.2, 0.25) is 5.91 Å². The standard InChI is InChI=1S/C11H17N5O4/c1-6(7-4-13-14-5-7)15-11(20)16-8(10(18)19)2-3-9(12)17/h4-6,8H,2-3H2,1H3,(H2,12,17)(H,13,14)(H,18,19)(H2,15,16,20)/t6?,8-/m1/s1. The molecule has 1 aromatic rings. The second kappa shape index (κ2) is 7.12. The number of amides is 3. The third kappa shape index (κ3) is 4.96. The summed E-state index contributed by atoms with van der Waals surface area (Å²) < 4.78 is 0. The minimum absolute atomic E-state index is 0.0574. The van der Waals surface area contributed by atoms with Gasteiger partial charge in [-0.3, -0.25) is 9.89 Å². The van der Waals surface area contributed by atoms with Gasteiger partial charge in [0, 0.05) is 18.2 Å². The van der Waals surface area contributed by atoms with Gasteiger partial charge < -0.3 is 21.5 Å². The highest BCUT2D eigenvalue weighted by Crippen LogP contribution is 2.08. The third-order valence-electron chi connectivity index (χ3n) is 2.65. The first-order chi connectivity index (χ1) is 9.40. The Morgan fingerprint density at radius 1 is 1.45 bits per heavy atom. The van der Waals surface area contributed by atoms with E-state index in [1.165, 1.54) is 0 Å². The minimum Gasteiger partial charge on any atom is -0.480 e. The molecule has 0 aliphatic carbocycles. The van der Waals surface area contributed by atoms with Crippen molar-refractivity contribution < 1.29 is 19.5 Å². The van der Waals surface area contributed by atoms with Gasteiger partial charge in [-0.15, -0.1) is 0 Å². The first-order valence-corrected chi connectivity index (χ1v) is 5.97. The van der Waals surface area contributed by atoms with Crippen LogP contribution in [-0.2, 0) is 9.59 Å². The van der Waals surface area contributed by atoms with Gasteiger partial charge in [-0.2, -0.15) is 5.10 Å². The van der Waals surface area contributed by atoms with Crippen molar-refractivity contribution in [1.82, 2.24) is 20.8 Å². The summed E-state index contributed by atoms with van der Waals surface area (Å²) in [5.41, 5.74) is 5.70. The fourth-order valence-corrected chi connectivity index (χ4v) is 1.52. The van der Waals surface area contributed by atoms with Crippen LogP contribution in [0.5, 0.6) is 0 Å². The lowest BCUT2D eigenvalue weighted by molar-refractivity contribution is -0.139. The first-order valence-electron chi connectivity index (χ1n) is 5.97. The van der Waals surface area contributed by atoms with Crippen LogP contribution in [0, 0.1) is 0 Å². The molecule has 0 aromatic carbocycles. The summed E-state index contributed by atoms with van der Waals surface area (Å²) in [5, 5.41) is 20.1. The molecular weight excluding hydrogens is 266 g/mol. The molecule has 0 bridgehead atoms. The predicted molar refractivity (Wildman–Crippen MR) is 68.5 cm³/mol. The number of urea groups is 1. The van der Waals surface area contributed by atoms with Crippen LogP contribution < -0.4 is 16.4 Å². The summed E-state index contributed by atoms with van der Waals surface area (Å²) in [4.78, 5) is 33.3. The lowest BCUT2D eigenvalue weighted by Gasteiger charge is -2.17. The molecule has 0 aliphatic heterocycles. The Morgan fingerprint density at radius 2 is 2.15 bits per heavy atom. The zero-order chi connectivity index (χ0) is 15.1. The van der Waals surface area contributed by atoms with Gasteiger partial charge in [-0.05, 0) is 13.3 Å². The molecule has 110 valence electrons. The number of aromatic nitrogens is 2. The van der Waals surface area contributed by atoms with Crippen molar-refractivity contribution in [3.8, 4) is 0 Å². The molecule has 0 fully saturated rings. The molecule has 2 atom stereocenters. The van der Waals surface area contributed by atoms with Crippen LogP contribution in [0.2, 0.25) is 0 Å². The van der Waals surface area contributed by atoms with Crippen LogP contribution in [-0.4, -0.2) is 39.3 Å². The number of nitrogens with zero attached hydrogens (tertiary/aromatic N) is 1. The fraction of sp³-hybridized carbons (Fsp3) is 0.455. The number of carboxylic acid groups (broad SMARTS) is 1. The lowest BCUT2D eigenvalue weighted by atomic mass is 10.1. The van der Waals surface area contributed by atoms with E-state index in [1.807, 2.05) is 0 Å². The lowest BCUT2D eigenvalue weighted by Crippen LogP contribution is -2.46. The molecule has 0 aliphatic rings. The van der Waals surface area contributed by atoms with E-state index in [1.54, 1.807) is 19.3 Å². The van der Waals surface area contributed by atoms with E-state index in [9.17, 15) is 14.4 Å². The average molecular weight is 283 g/mol. The van der Waals surface area contributed by atoms with Crippen molar-refractivity contribution in [2.24, 2.45) is 5.73 Å². The molecule has 9 nitrogen and oxygen atoms in total. The van der Waals surface area contributed by atoms with Gasteiger partial charge in [0.1, 0.15) is 6.04 Å². The SMILES string of the molecule is CC(NC(=O)N[C@H](CCC(N)=O)C(=O)O)c1cn[nH]c1. The number of primary amides is 1. The van der Waals surface area contributed by atoms with Crippen LogP contribution in [0.15, 0.2) is 12.4 Å². The molecule has 20 heavy (non-hydrogen) atoms. The summed E-state index contributed by atoms with van der Waals surface area (Å²) in [6.07, 6.45) is 2.99. The van der Waals surface area contributed by atoms with Gasteiger partial charge in [-0.25, -0.2) is 9.59 Å². The van der Waals surface area contributed by atoms with E-state index in [2.05, 4.69) is 20.8 Å². The minimum atomic E-state index is -1.22. The number of carbonyl (C=O) groups is 3. The number of carbonyl (C=O) groups excluding carboxylic acids is 2. The number of aliphatic carboxylic acids is 1. The Balaban J connectivity index is 2.49. The topological polar surface area (TPSA) is 150 Å². The molecule has 1 heterocycles. The molecule has 1 rings (SSSR count). The Kier molecular flexibility index (Phi) is 5.51. The summed E-state index contributed by atoms with van der Waals surface area (Å²) in [7, 11) is 0. The molecular formula is C11H17N5O4. The highest BCUT2D eigenvalue weighted by molar-refractivity contribution is 5.83. The normalized spacial score (nSPS) is 13.2. The average Bonchev–Trinajstić information content (AvgIpc) is 2.87. The molecule has 1 aromatic heterocycles. The zero-order valence-corrected chi connectivity index (χ0v) is 10.9. The van der Waals surface area contributed by atoms with Crippen LogP contribution in [0.3, 0.4) is 0 Å². The van der Waals surface area contributed by atoms with E-state index in [0.717, 1.165) is 5.56 Å². The van der Waals surface area contributed by atoms with E-state index < -0.39 is 23.9 Å². The molecule has 9 heteroatoms. The van der Waals surface area contributed by atoms with Gasteiger partial charge in [0.05, 0.1) is 12.2 Å². The van der Waals surface area contributed by atoms with Crippen LogP contribution in [0.4, 0.5) is 4.79 Å². The number of rotatable bonds is 7. The number of carboxylic acids is 1. The number of nitrogens with two attached hydrogens (primary N) is 1. The van der Waals surface area contributed by atoms with Crippen LogP contribution in [0.25, 0.3) is 0 Å². The number of aromatic amines is 1. The van der Waals surface area contributed by atoms with Crippen LogP contribution >= 0.6 is 0 Å². The van der Waals surface area contributed by atoms with E-state index in [0.29, 0.717) is 0 Å².